The van der Waals surface area contributed by atoms with Crippen molar-refractivity contribution in [3.8, 4) is 28.0 Å². The van der Waals surface area contributed by atoms with Crippen molar-refractivity contribution in [3.05, 3.63) is 130 Å². The molecule has 10 nitrogen and oxygen atoms in total. The molecule has 1 amide bonds. The number of carbonyl (C=O) groups excluding carboxylic acids is 1. The van der Waals surface area contributed by atoms with Gasteiger partial charge in [0.2, 0.25) is 0 Å². The van der Waals surface area contributed by atoms with Crippen molar-refractivity contribution in [2.45, 2.75) is 43.2 Å². The number of ether oxygens (including phenoxy) is 1. The third-order valence-electron chi connectivity index (χ3n) is 8.58. The Labute approximate surface area is 285 Å². The predicted molar refractivity (Wildman–Crippen MR) is 186 cm³/mol. The highest BCUT2D eigenvalue weighted by Crippen LogP contribution is 2.42. The molecule has 0 radical (unpaired) electrons. The molecule has 49 heavy (non-hydrogen) atoms. The highest BCUT2D eigenvalue weighted by atomic mass is 32.2. The Morgan fingerprint density at radius 1 is 0.776 bits per heavy atom. The van der Waals surface area contributed by atoms with E-state index in [1.165, 1.54) is 42.5 Å². The number of nitrogen functional groups attached to an aromatic ring is 1. The lowest BCUT2D eigenvalue weighted by Gasteiger charge is -2.31. The second-order valence-corrected chi connectivity index (χ2v) is 14.9. The van der Waals surface area contributed by atoms with E-state index in [2.05, 4.69) is 0 Å². The second-order valence-electron chi connectivity index (χ2n) is 12.1. The molecule has 5 aromatic carbocycles. The van der Waals surface area contributed by atoms with Gasteiger partial charge in [-0.2, -0.15) is 16.8 Å². The Kier molecular flexibility index (Phi) is 9.07. The van der Waals surface area contributed by atoms with Crippen LogP contribution in [-0.4, -0.2) is 43.3 Å². The number of rotatable bonds is 8. The molecule has 1 heterocycles. The molecule has 0 fully saturated rings. The maximum absolute atomic E-state index is 14.8. The predicted octanol–water partition coefficient (Wildman–Crippen LogP) is 6.49. The van der Waals surface area contributed by atoms with Crippen LogP contribution in [0.15, 0.2) is 107 Å². The zero-order valence-corrected chi connectivity index (χ0v) is 28.4. The fraction of sp³-hybridized carbons (Fsp3) is 0.162. The molecule has 0 spiro atoms. The lowest BCUT2D eigenvalue weighted by molar-refractivity contribution is 0.0731. The number of carbonyl (C=O) groups is 1. The lowest BCUT2D eigenvalue weighted by Crippen LogP contribution is -2.37. The summed E-state index contributed by atoms with van der Waals surface area (Å²) in [5, 5.41) is 0. The number of nitrogens with two attached hydrogens (primary N) is 1. The highest BCUT2D eigenvalue weighted by molar-refractivity contribution is 7.86. The van der Waals surface area contributed by atoms with Gasteiger partial charge in [0.25, 0.3) is 26.1 Å². The van der Waals surface area contributed by atoms with E-state index in [-0.39, 0.29) is 51.6 Å². The first kappa shape index (κ1) is 33.9. The number of nitrogens with zero attached hydrogens (tertiary/aromatic N) is 1. The fourth-order valence-corrected chi connectivity index (χ4v) is 7.55. The van der Waals surface area contributed by atoms with E-state index in [4.69, 9.17) is 10.5 Å². The zero-order valence-electron chi connectivity index (χ0n) is 26.8. The van der Waals surface area contributed by atoms with Crippen LogP contribution in [0, 0.1) is 13.8 Å². The van der Waals surface area contributed by atoms with Crippen molar-refractivity contribution in [1.82, 2.24) is 4.90 Å². The monoisotopic (exact) mass is 698 g/mol. The Balaban J connectivity index is 1.66. The molecule has 252 valence electrons. The van der Waals surface area contributed by atoms with E-state index in [1.54, 1.807) is 30.9 Å². The summed E-state index contributed by atoms with van der Waals surface area (Å²) >= 11 is 0. The van der Waals surface area contributed by atoms with Gasteiger partial charge in [0, 0.05) is 35.5 Å². The van der Waals surface area contributed by atoms with Crippen LogP contribution in [0.4, 0.5) is 5.69 Å². The minimum absolute atomic E-state index is 0.00851. The van der Waals surface area contributed by atoms with Gasteiger partial charge < -0.3 is 15.4 Å². The van der Waals surface area contributed by atoms with E-state index >= 15 is 0 Å². The average Bonchev–Trinajstić information content (AvgIpc) is 3.06. The largest absolute Gasteiger partial charge is 0.488 e. The first-order valence-electron chi connectivity index (χ1n) is 15.4. The van der Waals surface area contributed by atoms with Gasteiger partial charge in [0.05, 0.1) is 5.56 Å². The molecule has 0 saturated heterocycles. The van der Waals surface area contributed by atoms with Crippen LogP contribution in [0.5, 0.6) is 5.75 Å². The summed E-state index contributed by atoms with van der Waals surface area (Å²) in [7, 11) is -9.54. The van der Waals surface area contributed by atoms with E-state index in [1.807, 2.05) is 42.5 Å². The van der Waals surface area contributed by atoms with Crippen molar-refractivity contribution in [2.75, 3.05) is 12.3 Å². The zero-order chi connectivity index (χ0) is 35.1. The lowest BCUT2D eigenvalue weighted by atomic mass is 9.91. The normalized spacial score (nSPS) is 13.2. The molecule has 0 bridgehead atoms. The number of fused-ring (bicyclic) bond motifs is 1. The number of hydrogen-bond acceptors (Lipinski definition) is 7. The van der Waals surface area contributed by atoms with E-state index in [0.29, 0.717) is 29.8 Å². The molecule has 0 saturated carbocycles. The molecular weight excluding hydrogens is 665 g/mol. The minimum atomic E-state index is -4.81. The van der Waals surface area contributed by atoms with Crippen LogP contribution in [0.3, 0.4) is 0 Å². The molecule has 4 N–H and O–H groups in total. The molecule has 0 atom stereocenters. The molecule has 0 unspecified atom stereocenters. The number of aryl methyl sites for hydroxylation is 2. The van der Waals surface area contributed by atoms with Crippen LogP contribution in [0.25, 0.3) is 22.3 Å². The van der Waals surface area contributed by atoms with Crippen LogP contribution < -0.4 is 10.5 Å². The van der Waals surface area contributed by atoms with Gasteiger partial charge in [-0.3, -0.25) is 13.9 Å². The Morgan fingerprint density at radius 2 is 1.41 bits per heavy atom. The summed E-state index contributed by atoms with van der Waals surface area (Å²) in [6.45, 7) is 4.01. The first-order valence-corrected chi connectivity index (χ1v) is 18.3. The molecule has 1 aliphatic heterocycles. The van der Waals surface area contributed by atoms with E-state index in [9.17, 15) is 30.7 Å². The molecule has 1 aliphatic rings. The summed E-state index contributed by atoms with van der Waals surface area (Å²) in [6.07, 6.45) is 0.529. The van der Waals surface area contributed by atoms with Crippen molar-refractivity contribution < 1.29 is 35.5 Å². The van der Waals surface area contributed by atoms with E-state index < -0.39 is 31.0 Å². The van der Waals surface area contributed by atoms with Gasteiger partial charge in [0.15, 0.2) is 0 Å². The average molecular weight is 699 g/mol. The quantitative estimate of drug-likeness (QED) is 0.121. The maximum atomic E-state index is 14.8. The molecule has 0 aliphatic carbocycles. The van der Waals surface area contributed by atoms with Gasteiger partial charge >= 0.3 is 0 Å². The summed E-state index contributed by atoms with van der Waals surface area (Å²) in [4.78, 5) is 15.5. The van der Waals surface area contributed by atoms with Crippen LogP contribution >= 0.6 is 0 Å². The second kappa shape index (κ2) is 13.1. The molecular formula is C37H34N2O8S2. The standard InChI is InChI=1S/C37H34N2O8S2/c1-23-11-13-34(48(41,42)43)28(17-23)27-19-30(29-18-24(2)12-14-35(29)49(44,45)46)36(33(20-27)47-22-25-7-4-3-5-8-25)37(40)39-16-15-26-9-6-10-32(38)31(26)21-39/h3-14,17-20H,15-16,21-22,38H2,1-2H3,(H,41,42,43)(H,44,45,46). The van der Waals surface area contributed by atoms with Gasteiger partial charge in [-0.05, 0) is 72.9 Å². The van der Waals surface area contributed by atoms with Crippen LogP contribution in [0.2, 0.25) is 0 Å². The van der Waals surface area contributed by atoms with Crippen LogP contribution in [-0.2, 0) is 39.8 Å². The number of anilines is 1. The Hall–Kier alpha value is -5.01. The Morgan fingerprint density at radius 3 is 2.06 bits per heavy atom. The van der Waals surface area contributed by atoms with Gasteiger partial charge in [-0.15, -0.1) is 0 Å². The smallest absolute Gasteiger partial charge is 0.295 e. The maximum Gasteiger partial charge on any atom is 0.295 e. The minimum Gasteiger partial charge on any atom is -0.488 e. The molecule has 12 heteroatoms. The third-order valence-corrected chi connectivity index (χ3v) is 10.4. The molecule has 5 aromatic rings. The SMILES string of the molecule is Cc1ccc(S(=O)(=O)O)c(-c2cc(OCc3ccccc3)c(C(=O)N3CCc4cccc(N)c4C3)c(-c3cc(C)ccc3S(=O)(=O)O)c2)c1. The first-order chi connectivity index (χ1) is 23.2. The van der Waals surface area contributed by atoms with Crippen LogP contribution in [0.1, 0.15) is 38.2 Å². The summed E-state index contributed by atoms with van der Waals surface area (Å²) in [6, 6.07) is 26.4. The van der Waals surface area contributed by atoms with Crippen molar-refractivity contribution in [3.63, 3.8) is 0 Å². The summed E-state index contributed by atoms with van der Waals surface area (Å²) in [5.74, 6) is -0.445. The van der Waals surface area contributed by atoms with Gasteiger partial charge in [0.1, 0.15) is 22.1 Å². The van der Waals surface area contributed by atoms with Crippen molar-refractivity contribution in [2.24, 2.45) is 0 Å². The summed E-state index contributed by atoms with van der Waals surface area (Å²) < 4.78 is 77.6. The number of hydrogen-bond donors (Lipinski definition) is 3. The topological polar surface area (TPSA) is 164 Å². The van der Waals surface area contributed by atoms with Gasteiger partial charge in [-0.1, -0.05) is 77.9 Å². The van der Waals surface area contributed by atoms with Crippen molar-refractivity contribution in [1.29, 1.82) is 0 Å². The summed E-state index contributed by atoms with van der Waals surface area (Å²) in [5.41, 5.74) is 11.2. The highest BCUT2D eigenvalue weighted by Gasteiger charge is 2.31. The number of benzene rings is 5. The molecule has 6 rings (SSSR count). The fourth-order valence-electron chi connectivity index (χ4n) is 6.17. The molecule has 0 aromatic heterocycles. The number of amides is 1. The third kappa shape index (κ3) is 7.08. The van der Waals surface area contributed by atoms with Gasteiger partial charge in [-0.25, -0.2) is 0 Å². The van der Waals surface area contributed by atoms with E-state index in [0.717, 1.165) is 16.7 Å². The van der Waals surface area contributed by atoms with Crippen molar-refractivity contribution >= 4 is 31.8 Å². The Bertz CT molecular complexity index is 2320.